The number of halogens is 2. The van der Waals surface area contributed by atoms with Gasteiger partial charge in [0.2, 0.25) is 0 Å². The highest BCUT2D eigenvalue weighted by Gasteiger charge is 2.19. The number of aryl methyl sites for hydroxylation is 1. The number of hydrogen-bond donors (Lipinski definition) is 0. The normalized spacial score (nSPS) is 21.2. The van der Waals surface area contributed by atoms with Gasteiger partial charge in [-0.15, -0.1) is 0 Å². The zero-order chi connectivity index (χ0) is 16.8. The van der Waals surface area contributed by atoms with Crippen molar-refractivity contribution in [3.05, 3.63) is 70.7 Å². The lowest BCUT2D eigenvalue weighted by Gasteiger charge is -2.26. The topological polar surface area (TPSA) is 0 Å². The molecule has 0 bridgehead atoms. The van der Waals surface area contributed by atoms with Crippen LogP contribution in [0.2, 0.25) is 5.02 Å². The van der Waals surface area contributed by atoms with E-state index in [2.05, 4.69) is 42.5 Å². The van der Waals surface area contributed by atoms with Crippen LogP contribution in [0, 0.1) is 11.8 Å². The number of rotatable bonds is 5. The van der Waals surface area contributed by atoms with Crippen molar-refractivity contribution in [2.75, 3.05) is 0 Å². The lowest BCUT2D eigenvalue weighted by atomic mass is 9.79. The van der Waals surface area contributed by atoms with Crippen LogP contribution in [0.15, 0.2) is 60.1 Å². The quantitative estimate of drug-likeness (QED) is 0.518. The van der Waals surface area contributed by atoms with Gasteiger partial charge in [-0.2, -0.15) is 0 Å². The molecule has 0 N–H and O–H groups in total. The Morgan fingerprint density at radius 2 is 1.42 bits per heavy atom. The molecule has 0 nitrogen and oxygen atoms in total. The fraction of sp³-hybridized carbons (Fsp3) is 0.364. The Morgan fingerprint density at radius 1 is 0.833 bits per heavy atom. The maximum Gasteiger partial charge on any atom is 0.0406 e. The van der Waals surface area contributed by atoms with Gasteiger partial charge >= 0.3 is 0 Å². The first-order valence-electron chi connectivity index (χ1n) is 8.86. The molecular formula is C22H24Cl2. The molecule has 2 aromatic rings. The molecule has 1 aliphatic carbocycles. The van der Waals surface area contributed by atoms with Crippen LogP contribution in [0.5, 0.6) is 0 Å². The summed E-state index contributed by atoms with van der Waals surface area (Å²) in [4.78, 5) is 0. The van der Waals surface area contributed by atoms with Crippen LogP contribution in [0.4, 0.5) is 0 Å². The molecule has 2 heteroatoms. The van der Waals surface area contributed by atoms with E-state index in [1.165, 1.54) is 55.2 Å². The summed E-state index contributed by atoms with van der Waals surface area (Å²) >= 11 is 11.6. The average Bonchev–Trinajstić information content (AvgIpc) is 2.63. The third-order valence-electron chi connectivity index (χ3n) is 5.21. The summed E-state index contributed by atoms with van der Waals surface area (Å²) in [5.74, 6) is 1.58. The second kappa shape index (κ2) is 8.74. The first kappa shape index (κ1) is 17.6. The van der Waals surface area contributed by atoms with E-state index in [4.69, 9.17) is 23.2 Å². The molecule has 0 saturated heterocycles. The van der Waals surface area contributed by atoms with E-state index in [9.17, 15) is 0 Å². The van der Waals surface area contributed by atoms with E-state index in [0.29, 0.717) is 5.92 Å². The zero-order valence-electron chi connectivity index (χ0n) is 13.9. The van der Waals surface area contributed by atoms with Crippen molar-refractivity contribution in [3.8, 4) is 11.1 Å². The summed E-state index contributed by atoms with van der Waals surface area (Å²) in [5, 5.41) is 0.784. The third-order valence-corrected chi connectivity index (χ3v) is 5.61. The van der Waals surface area contributed by atoms with E-state index in [1.54, 1.807) is 5.54 Å². The van der Waals surface area contributed by atoms with Crippen LogP contribution in [-0.4, -0.2) is 0 Å². The molecule has 0 heterocycles. The van der Waals surface area contributed by atoms with Gasteiger partial charge in [0.1, 0.15) is 0 Å². The van der Waals surface area contributed by atoms with Gasteiger partial charge in [0.25, 0.3) is 0 Å². The van der Waals surface area contributed by atoms with E-state index < -0.39 is 0 Å². The van der Waals surface area contributed by atoms with Crippen molar-refractivity contribution < 1.29 is 0 Å². The van der Waals surface area contributed by atoms with Crippen molar-refractivity contribution in [2.24, 2.45) is 11.8 Å². The Hall–Kier alpha value is -1.24. The van der Waals surface area contributed by atoms with Gasteiger partial charge in [-0.25, -0.2) is 0 Å². The molecule has 0 radical (unpaired) electrons. The molecule has 0 spiro atoms. The van der Waals surface area contributed by atoms with Crippen molar-refractivity contribution >= 4 is 23.2 Å². The molecule has 1 fully saturated rings. The van der Waals surface area contributed by atoms with Crippen molar-refractivity contribution in [1.82, 2.24) is 0 Å². The van der Waals surface area contributed by atoms with E-state index >= 15 is 0 Å². The number of hydrogen-bond acceptors (Lipinski definition) is 0. The van der Waals surface area contributed by atoms with Gasteiger partial charge in [-0.05, 0) is 79.2 Å². The Bertz CT molecular complexity index is 647. The first-order chi connectivity index (χ1) is 11.7. The van der Waals surface area contributed by atoms with Gasteiger partial charge in [-0.3, -0.25) is 0 Å². The smallest absolute Gasteiger partial charge is 0.0406 e. The lowest BCUT2D eigenvalue weighted by molar-refractivity contribution is 0.296. The summed E-state index contributed by atoms with van der Waals surface area (Å²) in [6.07, 6.45) is 9.92. The maximum atomic E-state index is 5.96. The standard InChI is InChI=1S/C22H24Cl2/c23-16-15-19-5-3-17(4-6-19)1-2-18-7-9-20(10-8-18)21-11-13-22(24)14-12-21/h7-17,19H,1-6H2/b16-15+/t17-,19-. The molecule has 24 heavy (non-hydrogen) atoms. The van der Waals surface area contributed by atoms with Crippen LogP contribution in [0.3, 0.4) is 0 Å². The number of benzene rings is 2. The Morgan fingerprint density at radius 3 is 2.00 bits per heavy atom. The molecule has 0 unspecified atom stereocenters. The molecule has 0 aromatic heterocycles. The second-order valence-corrected chi connectivity index (χ2v) is 7.53. The van der Waals surface area contributed by atoms with Crippen molar-refractivity contribution in [3.63, 3.8) is 0 Å². The maximum absolute atomic E-state index is 5.96. The molecule has 1 saturated carbocycles. The summed E-state index contributed by atoms with van der Waals surface area (Å²) in [6, 6.07) is 17.0. The number of allylic oxidation sites excluding steroid dienone is 1. The average molecular weight is 359 g/mol. The lowest BCUT2D eigenvalue weighted by Crippen LogP contribution is -2.13. The predicted octanol–water partition coefficient (Wildman–Crippen LogP) is 7.50. The van der Waals surface area contributed by atoms with Crippen molar-refractivity contribution in [2.45, 2.75) is 38.5 Å². The molecule has 126 valence electrons. The minimum absolute atomic E-state index is 0.706. The Labute approximate surface area is 155 Å². The fourth-order valence-electron chi connectivity index (χ4n) is 3.65. The van der Waals surface area contributed by atoms with Gasteiger partial charge in [-0.1, -0.05) is 65.7 Å². The summed E-state index contributed by atoms with van der Waals surface area (Å²) in [6.45, 7) is 0. The zero-order valence-corrected chi connectivity index (χ0v) is 15.4. The molecule has 0 atom stereocenters. The van der Waals surface area contributed by atoms with Gasteiger partial charge in [0.15, 0.2) is 0 Å². The fourth-order valence-corrected chi connectivity index (χ4v) is 3.98. The van der Waals surface area contributed by atoms with E-state index in [-0.39, 0.29) is 0 Å². The SMILES string of the molecule is Cl/C=C/[C@H]1CC[C@H](CCc2ccc(-c3ccc(Cl)cc3)cc2)CC1. The summed E-state index contributed by atoms with van der Waals surface area (Å²) in [5.41, 5.74) is 5.60. The molecular weight excluding hydrogens is 335 g/mol. The summed E-state index contributed by atoms with van der Waals surface area (Å²) in [7, 11) is 0. The van der Waals surface area contributed by atoms with E-state index in [0.717, 1.165) is 10.9 Å². The highest BCUT2D eigenvalue weighted by molar-refractivity contribution is 6.30. The molecule has 2 aromatic carbocycles. The van der Waals surface area contributed by atoms with Gasteiger partial charge in [0.05, 0.1) is 0 Å². The Balaban J connectivity index is 1.51. The second-order valence-electron chi connectivity index (χ2n) is 6.84. The van der Waals surface area contributed by atoms with Crippen molar-refractivity contribution in [1.29, 1.82) is 0 Å². The predicted molar refractivity (Wildman–Crippen MR) is 106 cm³/mol. The highest BCUT2D eigenvalue weighted by atomic mass is 35.5. The Kier molecular flexibility index (Phi) is 6.40. The van der Waals surface area contributed by atoms with Gasteiger partial charge < -0.3 is 0 Å². The monoisotopic (exact) mass is 358 g/mol. The van der Waals surface area contributed by atoms with Crippen LogP contribution in [-0.2, 0) is 6.42 Å². The first-order valence-corrected chi connectivity index (χ1v) is 9.68. The summed E-state index contributed by atoms with van der Waals surface area (Å²) < 4.78 is 0. The van der Waals surface area contributed by atoms with Crippen LogP contribution in [0.1, 0.15) is 37.7 Å². The molecule has 0 aliphatic heterocycles. The minimum atomic E-state index is 0.706. The molecule has 1 aliphatic rings. The third kappa shape index (κ3) is 4.88. The van der Waals surface area contributed by atoms with Crippen LogP contribution >= 0.6 is 23.2 Å². The molecule has 3 rings (SSSR count). The molecule has 0 amide bonds. The van der Waals surface area contributed by atoms with Crippen LogP contribution < -0.4 is 0 Å². The minimum Gasteiger partial charge on any atom is -0.0933 e. The van der Waals surface area contributed by atoms with Crippen LogP contribution in [0.25, 0.3) is 11.1 Å². The largest absolute Gasteiger partial charge is 0.0933 e. The highest BCUT2D eigenvalue weighted by Crippen LogP contribution is 2.32. The van der Waals surface area contributed by atoms with E-state index in [1.807, 2.05) is 12.1 Å². The van der Waals surface area contributed by atoms with Gasteiger partial charge in [0, 0.05) is 10.6 Å².